The molecule has 0 unspecified atom stereocenters. The zero-order valence-electron chi connectivity index (χ0n) is 18.3. The van der Waals surface area contributed by atoms with Crippen LogP contribution in [0.3, 0.4) is 0 Å². The second kappa shape index (κ2) is 8.02. The van der Waals surface area contributed by atoms with Crippen molar-refractivity contribution in [2.45, 2.75) is 38.6 Å². The molecule has 0 aliphatic carbocycles. The number of hydrogen-bond acceptors (Lipinski definition) is 7. The lowest BCUT2D eigenvalue weighted by molar-refractivity contribution is 0.0903. The number of para-hydroxylation sites is 2. The van der Waals surface area contributed by atoms with Gasteiger partial charge in [-0.25, -0.2) is 15.0 Å². The summed E-state index contributed by atoms with van der Waals surface area (Å²) in [5.74, 6) is 2.70. The van der Waals surface area contributed by atoms with E-state index in [-0.39, 0.29) is 0 Å². The number of nitrogens with zero attached hydrogens (tertiary/aromatic N) is 6. The van der Waals surface area contributed by atoms with Crippen molar-refractivity contribution >= 4 is 28.4 Å². The van der Waals surface area contributed by atoms with Gasteiger partial charge in [-0.15, -0.1) is 0 Å². The van der Waals surface area contributed by atoms with E-state index in [9.17, 15) is 0 Å². The van der Waals surface area contributed by atoms with E-state index in [1.54, 1.807) is 0 Å². The summed E-state index contributed by atoms with van der Waals surface area (Å²) in [4.78, 5) is 21.8. The first kappa shape index (κ1) is 19.4. The summed E-state index contributed by atoms with van der Waals surface area (Å²) in [7, 11) is 0. The first-order chi connectivity index (χ1) is 15.7. The Bertz CT molecular complexity index is 1270. The quantitative estimate of drug-likeness (QED) is 0.528. The molecule has 4 aromatic rings. The van der Waals surface area contributed by atoms with E-state index >= 15 is 0 Å². The number of hydrogen-bond donors (Lipinski definition) is 1. The van der Waals surface area contributed by atoms with Crippen molar-refractivity contribution < 1.29 is 4.74 Å². The van der Waals surface area contributed by atoms with Gasteiger partial charge in [0, 0.05) is 44.6 Å². The Balaban J connectivity index is 1.46. The van der Waals surface area contributed by atoms with E-state index in [4.69, 9.17) is 24.7 Å². The standard InChI is InChI=1S/C24H27N7O/c1-16-23(27-19-7-3-2-6-18(19)25-16)20-15-31-22(26-17-8-12-32-13-9-17)14-21(29-24(31)28-20)30-10-4-5-11-30/h2-3,6-7,14-15,17,26H,4-5,8-13H2,1H3. The molecule has 2 fully saturated rings. The summed E-state index contributed by atoms with van der Waals surface area (Å²) in [5, 5.41) is 3.74. The molecule has 164 valence electrons. The molecule has 0 spiro atoms. The number of anilines is 2. The molecule has 0 atom stereocenters. The topological polar surface area (TPSA) is 80.5 Å². The molecule has 0 saturated carbocycles. The molecule has 2 aliphatic rings. The highest BCUT2D eigenvalue weighted by Gasteiger charge is 2.21. The minimum atomic E-state index is 0.383. The highest BCUT2D eigenvalue weighted by atomic mass is 16.5. The van der Waals surface area contributed by atoms with Gasteiger partial charge in [-0.05, 0) is 44.7 Å². The fourth-order valence-electron chi connectivity index (χ4n) is 4.67. The Kier molecular flexibility index (Phi) is 4.87. The first-order valence-corrected chi connectivity index (χ1v) is 11.5. The van der Waals surface area contributed by atoms with Crippen LogP contribution in [0.5, 0.6) is 0 Å². The largest absolute Gasteiger partial charge is 0.381 e. The second-order valence-electron chi connectivity index (χ2n) is 8.67. The van der Waals surface area contributed by atoms with Gasteiger partial charge in [-0.2, -0.15) is 4.98 Å². The third-order valence-electron chi connectivity index (χ3n) is 6.42. The van der Waals surface area contributed by atoms with Crippen molar-refractivity contribution in [3.8, 4) is 11.4 Å². The lowest BCUT2D eigenvalue weighted by Crippen LogP contribution is -2.29. The van der Waals surface area contributed by atoms with Crippen LogP contribution in [0.1, 0.15) is 31.4 Å². The molecule has 1 N–H and O–H groups in total. The van der Waals surface area contributed by atoms with Crippen LogP contribution in [0.15, 0.2) is 36.5 Å². The van der Waals surface area contributed by atoms with Gasteiger partial charge < -0.3 is 15.0 Å². The minimum Gasteiger partial charge on any atom is -0.381 e. The molecule has 0 bridgehead atoms. The third-order valence-corrected chi connectivity index (χ3v) is 6.42. The van der Waals surface area contributed by atoms with Crippen LogP contribution in [-0.2, 0) is 4.74 Å². The number of benzene rings is 1. The Morgan fingerprint density at radius 1 is 0.969 bits per heavy atom. The Morgan fingerprint density at radius 2 is 1.72 bits per heavy atom. The monoisotopic (exact) mass is 429 g/mol. The van der Waals surface area contributed by atoms with Gasteiger partial charge in [0.1, 0.15) is 23.0 Å². The number of aromatic nitrogens is 5. The Morgan fingerprint density at radius 3 is 2.50 bits per heavy atom. The molecule has 0 radical (unpaired) electrons. The normalized spacial score (nSPS) is 17.5. The number of ether oxygens (including phenoxy) is 1. The lowest BCUT2D eigenvalue weighted by Gasteiger charge is -2.25. The number of imidazole rings is 1. The number of aryl methyl sites for hydroxylation is 1. The zero-order chi connectivity index (χ0) is 21.5. The molecule has 0 amide bonds. The van der Waals surface area contributed by atoms with E-state index in [0.29, 0.717) is 11.8 Å². The zero-order valence-corrected chi connectivity index (χ0v) is 18.3. The molecule has 8 heteroatoms. The molecular formula is C24H27N7O. The fourth-order valence-corrected chi connectivity index (χ4v) is 4.67. The predicted octanol–water partition coefficient (Wildman–Crippen LogP) is 3.84. The molecule has 1 aromatic carbocycles. The van der Waals surface area contributed by atoms with E-state index < -0.39 is 0 Å². The SMILES string of the molecule is Cc1nc2ccccc2nc1-c1cn2c(NC3CCOCC3)cc(N3CCCC3)nc2n1. The minimum absolute atomic E-state index is 0.383. The molecule has 8 nitrogen and oxygen atoms in total. The van der Waals surface area contributed by atoms with Gasteiger partial charge in [0.05, 0.1) is 16.7 Å². The maximum Gasteiger partial charge on any atom is 0.237 e. The molecule has 2 aliphatic heterocycles. The molecule has 32 heavy (non-hydrogen) atoms. The third kappa shape index (κ3) is 3.54. The smallest absolute Gasteiger partial charge is 0.237 e. The van der Waals surface area contributed by atoms with Crippen molar-refractivity contribution in [3.63, 3.8) is 0 Å². The van der Waals surface area contributed by atoms with Crippen LogP contribution in [0.25, 0.3) is 28.2 Å². The molecule has 5 heterocycles. The van der Waals surface area contributed by atoms with Gasteiger partial charge in [0.25, 0.3) is 0 Å². The number of nitrogens with one attached hydrogen (secondary N) is 1. The average Bonchev–Trinajstić information content (AvgIpc) is 3.49. The summed E-state index contributed by atoms with van der Waals surface area (Å²) < 4.78 is 7.60. The lowest BCUT2D eigenvalue weighted by atomic mass is 10.1. The maximum atomic E-state index is 5.55. The van der Waals surface area contributed by atoms with Gasteiger partial charge >= 0.3 is 0 Å². The first-order valence-electron chi connectivity index (χ1n) is 11.5. The maximum absolute atomic E-state index is 5.55. The van der Waals surface area contributed by atoms with E-state index in [1.165, 1.54) is 12.8 Å². The number of rotatable bonds is 4. The average molecular weight is 430 g/mol. The predicted molar refractivity (Wildman–Crippen MR) is 125 cm³/mol. The molecular weight excluding hydrogens is 402 g/mol. The summed E-state index contributed by atoms with van der Waals surface area (Å²) in [5.41, 5.74) is 4.23. The summed E-state index contributed by atoms with van der Waals surface area (Å²) in [6, 6.07) is 10.5. The van der Waals surface area contributed by atoms with Crippen molar-refractivity contribution in [1.29, 1.82) is 0 Å². The van der Waals surface area contributed by atoms with Crippen molar-refractivity contribution in [1.82, 2.24) is 24.3 Å². The van der Waals surface area contributed by atoms with Crippen molar-refractivity contribution in [2.24, 2.45) is 0 Å². The summed E-state index contributed by atoms with van der Waals surface area (Å²) >= 11 is 0. The van der Waals surface area contributed by atoms with E-state index in [0.717, 1.165) is 78.9 Å². The van der Waals surface area contributed by atoms with Gasteiger partial charge in [-0.1, -0.05) is 12.1 Å². The van der Waals surface area contributed by atoms with Crippen LogP contribution < -0.4 is 10.2 Å². The fraction of sp³-hybridized carbons (Fsp3) is 0.417. The van der Waals surface area contributed by atoms with Crippen molar-refractivity contribution in [3.05, 3.63) is 42.2 Å². The van der Waals surface area contributed by atoms with Crippen LogP contribution in [0.4, 0.5) is 11.6 Å². The molecule has 2 saturated heterocycles. The van der Waals surface area contributed by atoms with Crippen molar-refractivity contribution in [2.75, 3.05) is 36.5 Å². The Labute approximate surface area is 186 Å². The van der Waals surface area contributed by atoms with Gasteiger partial charge in [-0.3, -0.25) is 4.40 Å². The van der Waals surface area contributed by atoms with Crippen LogP contribution in [0, 0.1) is 6.92 Å². The van der Waals surface area contributed by atoms with E-state index in [1.807, 2.05) is 37.4 Å². The van der Waals surface area contributed by atoms with Crippen LogP contribution in [0.2, 0.25) is 0 Å². The second-order valence-corrected chi connectivity index (χ2v) is 8.67. The van der Waals surface area contributed by atoms with Crippen LogP contribution >= 0.6 is 0 Å². The highest BCUT2D eigenvalue weighted by Crippen LogP contribution is 2.28. The molecule has 3 aromatic heterocycles. The molecule has 6 rings (SSSR count). The number of fused-ring (bicyclic) bond motifs is 2. The van der Waals surface area contributed by atoms with Gasteiger partial charge in [0.15, 0.2) is 0 Å². The van der Waals surface area contributed by atoms with Gasteiger partial charge in [0.2, 0.25) is 5.78 Å². The summed E-state index contributed by atoms with van der Waals surface area (Å²) in [6.45, 7) is 5.67. The van der Waals surface area contributed by atoms with E-state index in [2.05, 4.69) is 20.7 Å². The highest BCUT2D eigenvalue weighted by molar-refractivity contribution is 5.78. The summed E-state index contributed by atoms with van der Waals surface area (Å²) in [6.07, 6.45) is 6.45. The van der Waals surface area contributed by atoms with Crippen LogP contribution in [-0.4, -0.2) is 56.7 Å². The Hall–Kier alpha value is -3.26.